The first-order valence-corrected chi connectivity index (χ1v) is 15.7. The number of hydrogen-bond donors (Lipinski definition) is 0. The lowest BCUT2D eigenvalue weighted by Gasteiger charge is -2.28. The fourth-order valence-corrected chi connectivity index (χ4v) is 9.55. The molecule has 31 heavy (non-hydrogen) atoms. The summed E-state index contributed by atoms with van der Waals surface area (Å²) in [7, 11) is 0.945. The van der Waals surface area contributed by atoms with Crippen LogP contribution in [0.2, 0.25) is 6.04 Å². The minimum absolute atomic E-state index is 0.622. The second-order valence-electron chi connectivity index (χ2n) is 7.06. The molecule has 0 aliphatic rings. The van der Waals surface area contributed by atoms with Crippen molar-refractivity contribution in [2.45, 2.75) is 55.8 Å². The molecule has 0 aliphatic carbocycles. The Balaban J connectivity index is 1.66. The molecule has 0 saturated heterocycles. The largest absolute Gasteiger partial charge is 0.500 e. The molecule has 2 aromatic carbocycles. The average molecular weight is 494 g/mol. The van der Waals surface area contributed by atoms with Gasteiger partial charge in [0.05, 0.1) is 10.2 Å². The highest BCUT2D eigenvalue weighted by atomic mass is 33.1. The van der Waals surface area contributed by atoms with Crippen LogP contribution in [0.15, 0.2) is 51.7 Å². The fraction of sp³-hybridized carbons (Fsp3) is 0.435. The minimum Gasteiger partial charge on any atom is -0.374 e. The summed E-state index contributed by atoms with van der Waals surface area (Å²) in [6, 6.07) is 15.9. The molecule has 0 fully saturated rings. The summed E-state index contributed by atoms with van der Waals surface area (Å²) in [5.41, 5.74) is 3.72. The summed E-state index contributed by atoms with van der Waals surface area (Å²) in [6.07, 6.45) is 1.96. The van der Waals surface area contributed by atoms with Crippen LogP contribution in [-0.4, -0.2) is 33.6 Å². The van der Waals surface area contributed by atoms with Crippen LogP contribution >= 0.6 is 32.9 Å². The molecule has 4 nitrogen and oxygen atoms in total. The SMILES string of the molecule is CCO[Si](CCCc1cc(C)ccc1SSc1nc2ccccc2s1)(OCC)OCC. The van der Waals surface area contributed by atoms with Gasteiger partial charge < -0.3 is 13.3 Å². The van der Waals surface area contributed by atoms with Crippen molar-refractivity contribution in [1.82, 2.24) is 4.98 Å². The molecule has 0 spiro atoms. The van der Waals surface area contributed by atoms with Crippen LogP contribution in [0.25, 0.3) is 10.2 Å². The Morgan fingerprint density at radius 3 is 2.32 bits per heavy atom. The highest BCUT2D eigenvalue weighted by molar-refractivity contribution is 8.77. The van der Waals surface area contributed by atoms with Gasteiger partial charge in [-0.1, -0.05) is 29.8 Å². The topological polar surface area (TPSA) is 40.6 Å². The Kier molecular flexibility index (Phi) is 9.90. The Hall–Kier alpha value is -0.873. The summed E-state index contributed by atoms with van der Waals surface area (Å²) in [4.78, 5) is 6.05. The molecule has 0 atom stereocenters. The lowest BCUT2D eigenvalue weighted by atomic mass is 10.1. The van der Waals surface area contributed by atoms with Gasteiger partial charge in [0.1, 0.15) is 0 Å². The Bertz CT molecular complexity index is 916. The van der Waals surface area contributed by atoms with Crippen LogP contribution in [0.5, 0.6) is 0 Å². The van der Waals surface area contributed by atoms with E-state index in [1.165, 1.54) is 20.7 Å². The van der Waals surface area contributed by atoms with E-state index < -0.39 is 8.80 Å². The monoisotopic (exact) mass is 493 g/mol. The lowest BCUT2D eigenvalue weighted by molar-refractivity contribution is 0.0708. The highest BCUT2D eigenvalue weighted by Crippen LogP contribution is 2.42. The zero-order valence-corrected chi connectivity index (χ0v) is 22.1. The molecule has 0 amide bonds. The highest BCUT2D eigenvalue weighted by Gasteiger charge is 2.39. The van der Waals surface area contributed by atoms with Gasteiger partial charge in [-0.2, -0.15) is 0 Å². The van der Waals surface area contributed by atoms with Gasteiger partial charge in [-0.05, 0) is 85.9 Å². The van der Waals surface area contributed by atoms with Crippen molar-refractivity contribution in [3.8, 4) is 0 Å². The standard InChI is InChI=1S/C23H31NO3S3Si/c1-5-25-31(26-6-2,27-7-3)16-10-11-19-17-18(4)14-15-21(19)29-30-23-24-20-12-8-9-13-22(20)28-23/h8-9,12-15,17H,5-7,10-11,16H2,1-4H3. The second kappa shape index (κ2) is 12.4. The number of hydrogen-bond acceptors (Lipinski definition) is 7. The third kappa shape index (κ3) is 7.05. The predicted octanol–water partition coefficient (Wildman–Crippen LogP) is 7.39. The van der Waals surface area contributed by atoms with Crippen LogP contribution in [0, 0.1) is 6.92 Å². The van der Waals surface area contributed by atoms with E-state index in [4.69, 9.17) is 18.3 Å². The van der Waals surface area contributed by atoms with E-state index in [9.17, 15) is 0 Å². The molecule has 0 radical (unpaired) electrons. The molecular formula is C23H31NO3S3Si. The summed E-state index contributed by atoms with van der Waals surface area (Å²) >= 11 is 1.75. The first-order chi connectivity index (χ1) is 15.1. The van der Waals surface area contributed by atoms with Crippen LogP contribution < -0.4 is 0 Å². The number of rotatable bonds is 13. The van der Waals surface area contributed by atoms with Gasteiger partial charge in [0.2, 0.25) is 0 Å². The number of nitrogens with zero attached hydrogens (tertiary/aromatic N) is 1. The van der Waals surface area contributed by atoms with Gasteiger partial charge in [0.15, 0.2) is 4.34 Å². The van der Waals surface area contributed by atoms with Gasteiger partial charge >= 0.3 is 8.80 Å². The molecule has 1 aromatic heterocycles. The van der Waals surface area contributed by atoms with Crippen LogP contribution in [0.4, 0.5) is 0 Å². The van der Waals surface area contributed by atoms with Crippen molar-refractivity contribution < 1.29 is 13.3 Å². The average Bonchev–Trinajstić information content (AvgIpc) is 3.17. The number of thiazole rings is 1. The smallest absolute Gasteiger partial charge is 0.374 e. The molecule has 0 bridgehead atoms. The molecule has 3 rings (SSSR count). The van der Waals surface area contributed by atoms with Crippen molar-refractivity contribution in [2.75, 3.05) is 19.8 Å². The van der Waals surface area contributed by atoms with Crippen LogP contribution in [-0.2, 0) is 19.7 Å². The normalized spacial score (nSPS) is 12.0. The van der Waals surface area contributed by atoms with Crippen molar-refractivity contribution in [1.29, 1.82) is 0 Å². The summed E-state index contributed by atoms with van der Waals surface area (Å²) in [6.45, 7) is 10.0. The lowest BCUT2D eigenvalue weighted by Crippen LogP contribution is -2.46. The Morgan fingerprint density at radius 2 is 1.65 bits per heavy atom. The molecular weight excluding hydrogens is 463 g/mol. The van der Waals surface area contributed by atoms with Crippen molar-refractivity contribution in [3.63, 3.8) is 0 Å². The second-order valence-corrected chi connectivity index (χ2v) is 13.2. The maximum atomic E-state index is 6.01. The van der Waals surface area contributed by atoms with E-state index in [0.29, 0.717) is 19.8 Å². The summed E-state index contributed by atoms with van der Waals surface area (Å²) in [5, 5.41) is 0. The number of aryl methyl sites for hydroxylation is 2. The van der Waals surface area contributed by atoms with Crippen molar-refractivity contribution in [2.24, 2.45) is 0 Å². The van der Waals surface area contributed by atoms with Gasteiger partial charge in [-0.3, -0.25) is 0 Å². The van der Waals surface area contributed by atoms with E-state index >= 15 is 0 Å². The predicted molar refractivity (Wildman–Crippen MR) is 136 cm³/mol. The summed E-state index contributed by atoms with van der Waals surface area (Å²) in [5.74, 6) is 0. The molecule has 1 heterocycles. The third-order valence-corrected chi connectivity index (χ3v) is 11.7. The van der Waals surface area contributed by atoms with E-state index in [0.717, 1.165) is 28.7 Å². The molecule has 8 heteroatoms. The maximum absolute atomic E-state index is 6.01. The molecule has 0 unspecified atom stereocenters. The van der Waals surface area contributed by atoms with Crippen molar-refractivity contribution in [3.05, 3.63) is 53.6 Å². The van der Waals surface area contributed by atoms with Crippen molar-refractivity contribution >= 4 is 51.9 Å². The number of benzene rings is 2. The van der Waals surface area contributed by atoms with Gasteiger partial charge in [0, 0.05) is 30.8 Å². The third-order valence-electron chi connectivity index (χ3n) is 4.71. The fourth-order valence-electron chi connectivity index (χ4n) is 3.45. The van der Waals surface area contributed by atoms with Gasteiger partial charge in [-0.15, -0.1) is 11.3 Å². The van der Waals surface area contributed by atoms with Crippen LogP contribution in [0.1, 0.15) is 38.3 Å². The quantitative estimate of drug-likeness (QED) is 0.183. The molecule has 0 aliphatic heterocycles. The van der Waals surface area contributed by atoms with E-state index in [1.807, 2.05) is 26.8 Å². The Morgan fingerprint density at radius 1 is 0.935 bits per heavy atom. The number of aromatic nitrogens is 1. The number of fused-ring (bicyclic) bond motifs is 1. The Labute approximate surface area is 198 Å². The molecule has 168 valence electrons. The summed E-state index contributed by atoms with van der Waals surface area (Å²) < 4.78 is 20.4. The maximum Gasteiger partial charge on any atom is 0.500 e. The zero-order valence-electron chi connectivity index (χ0n) is 18.7. The molecule has 0 saturated carbocycles. The van der Waals surface area contributed by atoms with E-state index in [2.05, 4.69) is 43.3 Å². The molecule has 0 N–H and O–H groups in total. The zero-order chi connectivity index (χ0) is 22.1. The van der Waals surface area contributed by atoms with Gasteiger partial charge in [-0.25, -0.2) is 4.98 Å². The number of para-hydroxylation sites is 1. The van der Waals surface area contributed by atoms with Gasteiger partial charge in [0.25, 0.3) is 0 Å². The van der Waals surface area contributed by atoms with E-state index in [1.54, 1.807) is 32.9 Å². The van der Waals surface area contributed by atoms with E-state index in [-0.39, 0.29) is 0 Å². The first-order valence-electron chi connectivity index (χ1n) is 10.8. The molecule has 3 aromatic rings. The minimum atomic E-state index is -2.59. The first kappa shape index (κ1) is 24.8. The van der Waals surface area contributed by atoms with Crippen LogP contribution in [0.3, 0.4) is 0 Å².